The van der Waals surface area contributed by atoms with Gasteiger partial charge in [0.2, 0.25) is 0 Å². The maximum absolute atomic E-state index is 12.9. The first kappa shape index (κ1) is 30.4. The Labute approximate surface area is 225 Å². The number of piperazine rings is 1. The molecule has 3 heterocycles. The van der Waals surface area contributed by atoms with Crippen LogP contribution in [-0.4, -0.2) is 102 Å². The number of benzene rings is 1. The molecule has 1 aromatic heterocycles. The average molecular weight is 554 g/mol. The largest absolute Gasteiger partial charge is 0.495 e. The molecule has 1 aromatic carbocycles. The van der Waals surface area contributed by atoms with Crippen molar-refractivity contribution in [3.05, 3.63) is 40.8 Å². The molecule has 0 saturated carbocycles. The van der Waals surface area contributed by atoms with Crippen LogP contribution in [0.1, 0.15) is 28.1 Å². The Hall–Kier alpha value is -2.80. The van der Waals surface area contributed by atoms with Gasteiger partial charge in [-0.1, -0.05) is 12.1 Å². The van der Waals surface area contributed by atoms with E-state index in [2.05, 4.69) is 39.8 Å². The van der Waals surface area contributed by atoms with Gasteiger partial charge in [0.05, 0.1) is 22.6 Å². The van der Waals surface area contributed by atoms with Crippen LogP contribution in [0.5, 0.6) is 5.75 Å². The number of methoxy groups -OCH3 is 1. The van der Waals surface area contributed by atoms with Crippen molar-refractivity contribution in [2.45, 2.75) is 24.0 Å². The SMILES string of the molecule is COc1ccccc1N1CCN(CCCCN2CCSc3sc(C)cc3C2=O)CC1.O.O=C(O)C(=O)O. The van der Waals surface area contributed by atoms with Crippen LogP contribution in [0, 0.1) is 6.92 Å². The zero-order valence-electron chi connectivity index (χ0n) is 21.1. The Bertz CT molecular complexity index is 1040. The molecule has 2 aromatic rings. The number of nitrogens with zero attached hydrogens (tertiary/aromatic N) is 3. The van der Waals surface area contributed by atoms with Gasteiger partial charge in [-0.25, -0.2) is 9.59 Å². The number of hydrogen-bond donors (Lipinski definition) is 2. The van der Waals surface area contributed by atoms with Crippen LogP contribution in [0.15, 0.2) is 34.5 Å². The summed E-state index contributed by atoms with van der Waals surface area (Å²) in [5, 5.41) is 14.8. The zero-order valence-corrected chi connectivity index (χ0v) is 22.8. The predicted molar refractivity (Wildman–Crippen MR) is 145 cm³/mol. The fraction of sp³-hybridized carbons (Fsp3) is 0.480. The highest BCUT2D eigenvalue weighted by Gasteiger charge is 2.24. The smallest absolute Gasteiger partial charge is 0.414 e. The topological polar surface area (TPSA) is 142 Å². The number of amides is 1. The molecule has 0 spiro atoms. The van der Waals surface area contributed by atoms with Gasteiger partial charge >= 0.3 is 11.9 Å². The van der Waals surface area contributed by atoms with E-state index in [1.54, 1.807) is 18.4 Å². The minimum absolute atomic E-state index is 0. The number of fused-ring (bicyclic) bond motifs is 1. The van der Waals surface area contributed by atoms with Crippen LogP contribution >= 0.6 is 23.1 Å². The Kier molecular flexibility index (Phi) is 12.2. The van der Waals surface area contributed by atoms with Crippen LogP contribution < -0.4 is 9.64 Å². The first-order valence-electron chi connectivity index (χ1n) is 11.9. The number of thioether (sulfide) groups is 1. The van der Waals surface area contributed by atoms with Crippen molar-refractivity contribution in [2.75, 3.05) is 63.6 Å². The number of carbonyl (C=O) groups is 3. The molecule has 2 aliphatic rings. The molecule has 1 saturated heterocycles. The van der Waals surface area contributed by atoms with Crippen molar-refractivity contribution in [2.24, 2.45) is 0 Å². The second-order valence-electron chi connectivity index (χ2n) is 8.52. The van der Waals surface area contributed by atoms with E-state index in [1.165, 1.54) is 14.8 Å². The number of carboxylic acid groups (broad SMARTS) is 2. The highest BCUT2D eigenvalue weighted by atomic mass is 32.2. The first-order chi connectivity index (χ1) is 17.3. The predicted octanol–water partition coefficient (Wildman–Crippen LogP) is 2.55. The quantitative estimate of drug-likeness (QED) is 0.391. The van der Waals surface area contributed by atoms with E-state index in [1.807, 2.05) is 23.9 Å². The molecular formula is C25H35N3O7S2. The van der Waals surface area contributed by atoms with Gasteiger partial charge in [-0.05, 0) is 44.5 Å². The standard InChI is InChI=1S/C23H31N3O2S2.C2H2O4.H2O/c1-18-17-19-22(27)26(15-16-29-23(19)30-18)10-6-5-9-24-11-13-25(14-12-24)20-7-3-4-8-21(20)28-2;3-1(4)2(5)6;/h3-4,7-8,17H,5-6,9-16H2,1-2H3;(H,3,4)(H,5,6);1H2. The third-order valence-electron chi connectivity index (χ3n) is 6.07. The van der Waals surface area contributed by atoms with Crippen molar-refractivity contribution in [1.82, 2.24) is 9.80 Å². The van der Waals surface area contributed by atoms with E-state index in [0.29, 0.717) is 0 Å². The average Bonchev–Trinajstić information content (AvgIpc) is 3.19. The summed E-state index contributed by atoms with van der Waals surface area (Å²) in [6, 6.07) is 10.3. The summed E-state index contributed by atoms with van der Waals surface area (Å²) in [4.78, 5) is 39.3. The molecule has 10 nitrogen and oxygen atoms in total. The molecular weight excluding hydrogens is 518 g/mol. The molecule has 0 bridgehead atoms. The normalized spacial score (nSPS) is 15.6. The number of rotatable bonds is 7. The molecule has 1 fully saturated rings. The Morgan fingerprint density at radius 1 is 1.00 bits per heavy atom. The summed E-state index contributed by atoms with van der Waals surface area (Å²) < 4.78 is 6.72. The number of thiophene rings is 1. The zero-order chi connectivity index (χ0) is 26.1. The summed E-state index contributed by atoms with van der Waals surface area (Å²) in [7, 11) is 1.74. The van der Waals surface area contributed by atoms with E-state index in [9.17, 15) is 4.79 Å². The van der Waals surface area contributed by atoms with Crippen LogP contribution in [0.2, 0.25) is 0 Å². The van der Waals surface area contributed by atoms with Crippen LogP contribution in [0.25, 0.3) is 0 Å². The molecule has 204 valence electrons. The van der Waals surface area contributed by atoms with Crippen LogP contribution in [-0.2, 0) is 9.59 Å². The summed E-state index contributed by atoms with van der Waals surface area (Å²) in [5.41, 5.74) is 2.12. The second-order valence-corrected chi connectivity index (χ2v) is 11.1. The number of aryl methyl sites for hydroxylation is 1. The van der Waals surface area contributed by atoms with Crippen molar-refractivity contribution in [1.29, 1.82) is 0 Å². The molecule has 4 N–H and O–H groups in total. The van der Waals surface area contributed by atoms with Crippen molar-refractivity contribution < 1.29 is 34.8 Å². The van der Waals surface area contributed by atoms with E-state index in [0.717, 1.165) is 75.7 Å². The van der Waals surface area contributed by atoms with Gasteiger partial charge < -0.3 is 30.2 Å². The fourth-order valence-electron chi connectivity index (χ4n) is 4.22. The van der Waals surface area contributed by atoms with Gasteiger partial charge in [-0.3, -0.25) is 9.69 Å². The highest BCUT2D eigenvalue weighted by molar-refractivity contribution is 8.01. The van der Waals surface area contributed by atoms with Gasteiger partial charge in [-0.2, -0.15) is 0 Å². The minimum Gasteiger partial charge on any atom is -0.495 e. The number of para-hydroxylation sites is 2. The van der Waals surface area contributed by atoms with Crippen molar-refractivity contribution >= 4 is 46.6 Å². The van der Waals surface area contributed by atoms with Gasteiger partial charge in [0.25, 0.3) is 5.91 Å². The lowest BCUT2D eigenvalue weighted by molar-refractivity contribution is -0.159. The first-order valence-corrected chi connectivity index (χ1v) is 13.7. The van der Waals surface area contributed by atoms with Crippen LogP contribution in [0.4, 0.5) is 5.69 Å². The van der Waals surface area contributed by atoms with Gasteiger partial charge in [-0.15, -0.1) is 23.1 Å². The molecule has 0 aliphatic carbocycles. The van der Waals surface area contributed by atoms with E-state index < -0.39 is 11.9 Å². The molecule has 2 aliphatic heterocycles. The number of anilines is 1. The lowest BCUT2D eigenvalue weighted by Crippen LogP contribution is -2.46. The highest BCUT2D eigenvalue weighted by Crippen LogP contribution is 2.35. The summed E-state index contributed by atoms with van der Waals surface area (Å²) >= 11 is 3.59. The molecule has 12 heteroatoms. The third-order valence-corrected chi connectivity index (χ3v) is 8.38. The lowest BCUT2D eigenvalue weighted by atomic mass is 10.2. The summed E-state index contributed by atoms with van der Waals surface area (Å²) in [5.74, 6) is -1.46. The Balaban J connectivity index is 0.000000618. The van der Waals surface area contributed by atoms with Crippen molar-refractivity contribution in [3.63, 3.8) is 0 Å². The molecule has 0 atom stereocenters. The Morgan fingerprint density at radius 2 is 1.65 bits per heavy atom. The van der Waals surface area contributed by atoms with E-state index in [-0.39, 0.29) is 11.4 Å². The number of hydrogen-bond acceptors (Lipinski definition) is 8. The van der Waals surface area contributed by atoms with Crippen LogP contribution in [0.3, 0.4) is 0 Å². The molecule has 1 amide bonds. The maximum Gasteiger partial charge on any atom is 0.414 e. The number of ether oxygens (including phenoxy) is 1. The fourth-order valence-corrected chi connectivity index (χ4v) is 6.63. The minimum atomic E-state index is -1.82. The maximum atomic E-state index is 12.9. The number of carboxylic acids is 2. The van der Waals surface area contributed by atoms with Gasteiger partial charge in [0, 0.05) is 49.9 Å². The third kappa shape index (κ3) is 8.63. The molecule has 0 radical (unpaired) electrons. The van der Waals surface area contributed by atoms with E-state index in [4.69, 9.17) is 24.5 Å². The molecule has 0 unspecified atom stereocenters. The second kappa shape index (κ2) is 14.8. The van der Waals surface area contributed by atoms with Gasteiger partial charge in [0.15, 0.2) is 0 Å². The number of unbranched alkanes of at least 4 members (excludes halogenated alkanes) is 1. The number of carbonyl (C=O) groups excluding carboxylic acids is 1. The Morgan fingerprint density at radius 3 is 2.30 bits per heavy atom. The van der Waals surface area contributed by atoms with Crippen molar-refractivity contribution in [3.8, 4) is 5.75 Å². The summed E-state index contributed by atoms with van der Waals surface area (Å²) in [6.07, 6.45) is 2.21. The lowest BCUT2D eigenvalue weighted by Gasteiger charge is -2.36. The van der Waals surface area contributed by atoms with Gasteiger partial charge in [0.1, 0.15) is 5.75 Å². The monoisotopic (exact) mass is 553 g/mol. The molecule has 37 heavy (non-hydrogen) atoms. The summed E-state index contributed by atoms with van der Waals surface area (Å²) in [6.45, 7) is 9.15. The van der Waals surface area contributed by atoms with E-state index >= 15 is 0 Å². The molecule has 4 rings (SSSR count). The number of aliphatic carboxylic acids is 2.